The predicted octanol–water partition coefficient (Wildman–Crippen LogP) is 4.09. The molecule has 1 N–H and O–H groups in total. The number of carbonyl (C=O) groups excluding carboxylic acids is 3. The first kappa shape index (κ1) is 22.3. The lowest BCUT2D eigenvalue weighted by molar-refractivity contribution is -0.145. The number of ether oxygens (including phenoxy) is 1. The van der Waals surface area contributed by atoms with Gasteiger partial charge in [-0.05, 0) is 42.0 Å². The number of esters is 1. The second-order valence-electron chi connectivity index (χ2n) is 8.06. The molecular formula is C24H29NO4. The molecule has 5 heteroatoms. The lowest BCUT2D eigenvalue weighted by atomic mass is 9.87. The maximum Gasteiger partial charge on any atom is 0.326 e. The zero-order chi connectivity index (χ0) is 21.6. The highest BCUT2D eigenvalue weighted by Crippen LogP contribution is 2.22. The molecule has 0 aromatic heterocycles. The second-order valence-corrected chi connectivity index (χ2v) is 8.06. The Bertz CT molecular complexity index is 861. The Morgan fingerprint density at radius 1 is 0.931 bits per heavy atom. The summed E-state index contributed by atoms with van der Waals surface area (Å²) in [5, 5.41) is 2.53. The van der Waals surface area contributed by atoms with Gasteiger partial charge in [-0.25, -0.2) is 0 Å². The van der Waals surface area contributed by atoms with Gasteiger partial charge in [0.2, 0.25) is 5.78 Å². The van der Waals surface area contributed by atoms with Crippen molar-refractivity contribution in [1.29, 1.82) is 0 Å². The number of hydrogen-bond donors (Lipinski definition) is 1. The van der Waals surface area contributed by atoms with E-state index < -0.39 is 12.1 Å². The molecule has 0 fully saturated rings. The minimum atomic E-state index is -0.919. The summed E-state index contributed by atoms with van der Waals surface area (Å²) >= 11 is 0. The number of ketones is 1. The SMILES string of the molecule is CCc1ccc(C(=O)[C@H](C)OC(=O)CNC(=O)c2ccc(C(C)(C)C)cc2)cc1. The maximum absolute atomic E-state index is 12.4. The van der Waals surface area contributed by atoms with Crippen molar-refractivity contribution in [1.82, 2.24) is 5.32 Å². The number of benzene rings is 2. The van der Waals surface area contributed by atoms with Gasteiger partial charge in [-0.15, -0.1) is 0 Å². The summed E-state index contributed by atoms with van der Waals surface area (Å²) in [5.41, 5.74) is 3.20. The summed E-state index contributed by atoms with van der Waals surface area (Å²) in [6, 6.07) is 14.5. The monoisotopic (exact) mass is 395 g/mol. The average Bonchev–Trinajstić information content (AvgIpc) is 2.71. The third-order valence-corrected chi connectivity index (χ3v) is 4.73. The fourth-order valence-corrected chi connectivity index (χ4v) is 2.81. The van der Waals surface area contributed by atoms with Gasteiger partial charge in [-0.2, -0.15) is 0 Å². The Morgan fingerprint density at radius 3 is 2.00 bits per heavy atom. The number of Topliss-reactive ketones (excluding diaryl/α,β-unsaturated/α-hetero) is 1. The minimum absolute atomic E-state index is 0.00164. The van der Waals surface area contributed by atoms with E-state index in [0.29, 0.717) is 11.1 Å². The van der Waals surface area contributed by atoms with Crippen LogP contribution in [0.5, 0.6) is 0 Å². The Balaban J connectivity index is 1.86. The van der Waals surface area contributed by atoms with Crippen molar-refractivity contribution in [2.75, 3.05) is 6.54 Å². The van der Waals surface area contributed by atoms with Gasteiger partial charge in [-0.1, -0.05) is 64.1 Å². The van der Waals surface area contributed by atoms with E-state index in [9.17, 15) is 14.4 Å². The highest BCUT2D eigenvalue weighted by Gasteiger charge is 2.20. The Hall–Kier alpha value is -2.95. The summed E-state index contributed by atoms with van der Waals surface area (Å²) in [5.74, 6) is -1.29. The highest BCUT2D eigenvalue weighted by atomic mass is 16.5. The smallest absolute Gasteiger partial charge is 0.326 e. The number of amides is 1. The quantitative estimate of drug-likeness (QED) is 0.566. The standard InChI is InChI=1S/C24H29NO4/c1-6-17-7-9-18(10-8-17)22(27)16(2)29-21(26)15-25-23(28)19-11-13-20(14-12-19)24(3,4)5/h7-14,16H,6,15H2,1-5H3,(H,25,28)/t16-/m0/s1. The molecule has 0 aliphatic heterocycles. The first-order valence-electron chi connectivity index (χ1n) is 9.83. The van der Waals surface area contributed by atoms with Gasteiger partial charge in [-0.3, -0.25) is 14.4 Å². The van der Waals surface area contributed by atoms with Crippen molar-refractivity contribution >= 4 is 17.7 Å². The molecular weight excluding hydrogens is 366 g/mol. The molecule has 5 nitrogen and oxygen atoms in total. The van der Waals surface area contributed by atoms with E-state index in [-0.39, 0.29) is 23.7 Å². The van der Waals surface area contributed by atoms with E-state index in [0.717, 1.165) is 17.5 Å². The molecule has 2 rings (SSSR count). The fourth-order valence-electron chi connectivity index (χ4n) is 2.81. The van der Waals surface area contributed by atoms with Crippen molar-refractivity contribution in [3.05, 3.63) is 70.8 Å². The highest BCUT2D eigenvalue weighted by molar-refractivity contribution is 6.00. The van der Waals surface area contributed by atoms with E-state index >= 15 is 0 Å². The average molecular weight is 395 g/mol. The zero-order valence-electron chi connectivity index (χ0n) is 17.7. The van der Waals surface area contributed by atoms with Crippen molar-refractivity contribution in [2.45, 2.75) is 52.6 Å². The Labute approximate surface area is 172 Å². The number of rotatable bonds is 7. The van der Waals surface area contributed by atoms with Gasteiger partial charge in [0, 0.05) is 11.1 Å². The fraction of sp³-hybridized carbons (Fsp3) is 0.375. The van der Waals surface area contributed by atoms with Crippen LogP contribution in [-0.2, 0) is 21.4 Å². The molecule has 1 atom stereocenters. The Morgan fingerprint density at radius 2 is 1.48 bits per heavy atom. The van der Waals surface area contributed by atoms with Crippen LogP contribution in [-0.4, -0.2) is 30.3 Å². The molecule has 0 saturated carbocycles. The van der Waals surface area contributed by atoms with Crippen LogP contribution in [0.2, 0.25) is 0 Å². The number of carbonyl (C=O) groups is 3. The summed E-state index contributed by atoms with van der Waals surface area (Å²) in [7, 11) is 0. The number of hydrogen-bond acceptors (Lipinski definition) is 4. The molecule has 0 radical (unpaired) electrons. The van der Waals surface area contributed by atoms with Gasteiger partial charge >= 0.3 is 5.97 Å². The van der Waals surface area contributed by atoms with Crippen LogP contribution in [0.4, 0.5) is 0 Å². The largest absolute Gasteiger partial charge is 0.453 e. The summed E-state index contributed by atoms with van der Waals surface area (Å²) < 4.78 is 5.17. The summed E-state index contributed by atoms with van der Waals surface area (Å²) in [6.07, 6.45) is -0.0320. The summed E-state index contributed by atoms with van der Waals surface area (Å²) in [4.78, 5) is 36.6. The van der Waals surface area contributed by atoms with Gasteiger partial charge in [0.15, 0.2) is 6.10 Å². The van der Waals surface area contributed by atoms with E-state index in [4.69, 9.17) is 4.74 Å². The van der Waals surface area contributed by atoms with Crippen molar-refractivity contribution in [3.8, 4) is 0 Å². The van der Waals surface area contributed by atoms with Crippen molar-refractivity contribution in [2.24, 2.45) is 0 Å². The number of aryl methyl sites for hydroxylation is 1. The van der Waals surface area contributed by atoms with Crippen LogP contribution in [0.25, 0.3) is 0 Å². The van der Waals surface area contributed by atoms with Crippen LogP contribution < -0.4 is 5.32 Å². The molecule has 0 aliphatic carbocycles. The van der Waals surface area contributed by atoms with Crippen LogP contribution in [0.1, 0.15) is 66.5 Å². The molecule has 2 aromatic carbocycles. The van der Waals surface area contributed by atoms with Crippen LogP contribution >= 0.6 is 0 Å². The first-order valence-corrected chi connectivity index (χ1v) is 9.83. The van der Waals surface area contributed by atoms with Gasteiger partial charge in [0.1, 0.15) is 6.54 Å². The third kappa shape index (κ3) is 6.28. The normalized spacial score (nSPS) is 12.2. The first-order chi connectivity index (χ1) is 13.6. The van der Waals surface area contributed by atoms with E-state index in [1.165, 1.54) is 6.92 Å². The van der Waals surface area contributed by atoms with E-state index in [1.807, 2.05) is 31.2 Å². The van der Waals surface area contributed by atoms with E-state index in [2.05, 4.69) is 26.1 Å². The van der Waals surface area contributed by atoms with Crippen LogP contribution in [0.15, 0.2) is 48.5 Å². The summed E-state index contributed by atoms with van der Waals surface area (Å²) in [6.45, 7) is 9.55. The van der Waals surface area contributed by atoms with Gasteiger partial charge in [0.05, 0.1) is 0 Å². The lowest BCUT2D eigenvalue weighted by Gasteiger charge is -2.19. The maximum atomic E-state index is 12.4. The molecule has 0 saturated heterocycles. The molecule has 0 spiro atoms. The van der Waals surface area contributed by atoms with Crippen molar-refractivity contribution < 1.29 is 19.1 Å². The molecule has 0 aliphatic rings. The molecule has 2 aromatic rings. The van der Waals surface area contributed by atoms with Gasteiger partial charge < -0.3 is 10.1 Å². The third-order valence-electron chi connectivity index (χ3n) is 4.73. The van der Waals surface area contributed by atoms with E-state index in [1.54, 1.807) is 24.3 Å². The predicted molar refractivity (Wildman–Crippen MR) is 113 cm³/mol. The molecule has 1 amide bonds. The molecule has 0 bridgehead atoms. The Kier molecular flexibility index (Phi) is 7.32. The molecule has 154 valence electrons. The molecule has 0 unspecified atom stereocenters. The lowest BCUT2D eigenvalue weighted by Crippen LogP contribution is -2.34. The molecule has 0 heterocycles. The second kappa shape index (κ2) is 9.50. The molecule has 29 heavy (non-hydrogen) atoms. The van der Waals surface area contributed by atoms with Crippen LogP contribution in [0, 0.1) is 0 Å². The number of nitrogens with one attached hydrogen (secondary N) is 1. The minimum Gasteiger partial charge on any atom is -0.453 e. The van der Waals surface area contributed by atoms with Crippen LogP contribution in [0.3, 0.4) is 0 Å². The van der Waals surface area contributed by atoms with Gasteiger partial charge in [0.25, 0.3) is 5.91 Å². The van der Waals surface area contributed by atoms with Crippen molar-refractivity contribution in [3.63, 3.8) is 0 Å². The topological polar surface area (TPSA) is 72.5 Å². The zero-order valence-corrected chi connectivity index (χ0v) is 17.7.